The Morgan fingerprint density at radius 2 is 1.90 bits per heavy atom. The van der Waals surface area contributed by atoms with Gasteiger partial charge in [-0.15, -0.1) is 0 Å². The summed E-state index contributed by atoms with van der Waals surface area (Å²) in [7, 11) is -3.71. The Labute approximate surface area is 128 Å². The number of halogens is 1. The number of hydrogen-bond donors (Lipinski definition) is 1. The summed E-state index contributed by atoms with van der Waals surface area (Å²) in [5.41, 5.74) is 0.323. The van der Waals surface area contributed by atoms with E-state index in [1.807, 2.05) is 0 Å². The Hall–Kier alpha value is -1.57. The van der Waals surface area contributed by atoms with Crippen LogP contribution in [0.15, 0.2) is 36.4 Å². The molecule has 1 amide bonds. The van der Waals surface area contributed by atoms with Gasteiger partial charge >= 0.3 is 0 Å². The Kier molecular flexibility index (Phi) is 4.55. The lowest BCUT2D eigenvalue weighted by atomic mass is 10.2. The molecule has 6 nitrogen and oxygen atoms in total. The van der Waals surface area contributed by atoms with E-state index in [-0.39, 0.29) is 13.0 Å². The zero-order valence-corrected chi connectivity index (χ0v) is 12.9. The van der Waals surface area contributed by atoms with Crippen molar-refractivity contribution in [3.8, 4) is 0 Å². The molecule has 8 heteroatoms. The van der Waals surface area contributed by atoms with E-state index >= 15 is 0 Å². The first-order valence-electron chi connectivity index (χ1n) is 6.21. The van der Waals surface area contributed by atoms with Gasteiger partial charge in [-0.2, -0.15) is 0 Å². The number of sulfonamides is 1. The van der Waals surface area contributed by atoms with Crippen LogP contribution in [0, 0.1) is 0 Å². The van der Waals surface area contributed by atoms with Crippen molar-refractivity contribution < 1.29 is 18.4 Å². The molecule has 0 aromatic heterocycles. The second-order valence-electron chi connectivity index (χ2n) is 4.68. The van der Waals surface area contributed by atoms with Gasteiger partial charge in [-0.3, -0.25) is 14.3 Å². The molecule has 0 fully saturated rings. The number of amides is 1. The SMILES string of the molecule is CS(=O)(=O)N(c1ccc(Cl)cc1)[C@@H]1CC=CCN(O)C1=O. The Bertz CT molecular complexity index is 657. The first-order valence-corrected chi connectivity index (χ1v) is 8.43. The van der Waals surface area contributed by atoms with Gasteiger partial charge in [0.1, 0.15) is 6.04 Å². The average molecular weight is 331 g/mol. The van der Waals surface area contributed by atoms with Crippen LogP contribution in [-0.4, -0.2) is 43.4 Å². The van der Waals surface area contributed by atoms with Crippen LogP contribution in [-0.2, 0) is 14.8 Å². The topological polar surface area (TPSA) is 77.9 Å². The second kappa shape index (κ2) is 6.05. The highest BCUT2D eigenvalue weighted by Crippen LogP contribution is 2.26. The van der Waals surface area contributed by atoms with Crippen molar-refractivity contribution in [2.75, 3.05) is 17.1 Å². The highest BCUT2D eigenvalue weighted by Gasteiger charge is 2.35. The van der Waals surface area contributed by atoms with E-state index in [0.717, 1.165) is 10.6 Å². The number of hydrogen-bond acceptors (Lipinski definition) is 4. The minimum absolute atomic E-state index is 0.0353. The van der Waals surface area contributed by atoms with Gasteiger partial charge in [0, 0.05) is 5.02 Å². The molecule has 1 aliphatic heterocycles. The molecule has 0 radical (unpaired) electrons. The summed E-state index contributed by atoms with van der Waals surface area (Å²) in [6.45, 7) is 0.0353. The Balaban J connectivity index is 2.48. The van der Waals surface area contributed by atoms with Crippen molar-refractivity contribution in [1.29, 1.82) is 0 Å². The minimum atomic E-state index is -3.71. The smallest absolute Gasteiger partial charge is 0.270 e. The van der Waals surface area contributed by atoms with E-state index < -0.39 is 22.0 Å². The largest absolute Gasteiger partial charge is 0.286 e. The van der Waals surface area contributed by atoms with E-state index in [1.54, 1.807) is 24.3 Å². The van der Waals surface area contributed by atoms with Gasteiger partial charge in [-0.1, -0.05) is 23.8 Å². The summed E-state index contributed by atoms with van der Waals surface area (Å²) < 4.78 is 25.2. The number of rotatable bonds is 3. The molecule has 0 saturated heterocycles. The van der Waals surface area contributed by atoms with Crippen LogP contribution in [0.3, 0.4) is 0 Å². The van der Waals surface area contributed by atoms with Gasteiger partial charge in [0.25, 0.3) is 5.91 Å². The number of carbonyl (C=O) groups excluding carboxylic acids is 1. The number of hydroxylamine groups is 2. The third kappa shape index (κ3) is 3.55. The van der Waals surface area contributed by atoms with Gasteiger partial charge in [-0.05, 0) is 30.7 Å². The Morgan fingerprint density at radius 1 is 1.29 bits per heavy atom. The van der Waals surface area contributed by atoms with Crippen LogP contribution in [0.1, 0.15) is 6.42 Å². The summed E-state index contributed by atoms with van der Waals surface area (Å²) in [6, 6.07) is 5.11. The normalized spacial score (nSPS) is 19.5. The predicted molar refractivity (Wildman–Crippen MR) is 79.8 cm³/mol. The van der Waals surface area contributed by atoms with Crippen LogP contribution < -0.4 is 4.31 Å². The molecule has 114 valence electrons. The van der Waals surface area contributed by atoms with Crippen LogP contribution >= 0.6 is 11.6 Å². The molecule has 1 atom stereocenters. The average Bonchev–Trinajstić information content (AvgIpc) is 2.55. The number of anilines is 1. The maximum Gasteiger partial charge on any atom is 0.270 e. The van der Waals surface area contributed by atoms with E-state index in [0.29, 0.717) is 15.8 Å². The predicted octanol–water partition coefficient (Wildman–Crippen LogP) is 1.65. The highest BCUT2D eigenvalue weighted by atomic mass is 35.5. The summed E-state index contributed by atoms with van der Waals surface area (Å²) >= 11 is 5.80. The van der Waals surface area contributed by atoms with Gasteiger partial charge < -0.3 is 0 Å². The van der Waals surface area contributed by atoms with Crippen molar-refractivity contribution in [1.82, 2.24) is 5.06 Å². The lowest BCUT2D eigenvalue weighted by Crippen LogP contribution is -2.49. The van der Waals surface area contributed by atoms with Crippen LogP contribution in [0.2, 0.25) is 5.02 Å². The number of benzene rings is 1. The summed E-state index contributed by atoms with van der Waals surface area (Å²) in [5, 5.41) is 10.6. The standard InChI is InChI=1S/C13H15ClN2O4S/c1-21(19,20)16(11-7-5-10(14)6-8-11)12-4-2-3-9-15(18)13(12)17/h2-3,5-8,12,18H,4,9H2,1H3/t12-/m1/s1. The van der Waals surface area contributed by atoms with Crippen molar-refractivity contribution in [2.45, 2.75) is 12.5 Å². The molecule has 0 saturated carbocycles. The fourth-order valence-corrected chi connectivity index (χ4v) is 3.42. The maximum atomic E-state index is 12.2. The highest BCUT2D eigenvalue weighted by molar-refractivity contribution is 7.92. The molecule has 0 unspecified atom stereocenters. The molecule has 1 aromatic carbocycles. The summed E-state index contributed by atoms with van der Waals surface area (Å²) in [6.07, 6.45) is 4.49. The lowest BCUT2D eigenvalue weighted by Gasteiger charge is -2.30. The van der Waals surface area contributed by atoms with Crippen molar-refractivity contribution >= 4 is 33.2 Å². The fraction of sp³-hybridized carbons (Fsp3) is 0.308. The fourth-order valence-electron chi connectivity index (χ4n) is 2.15. The molecular weight excluding hydrogens is 316 g/mol. The minimum Gasteiger partial charge on any atom is -0.286 e. The molecule has 1 aliphatic rings. The van der Waals surface area contributed by atoms with Gasteiger partial charge in [0.2, 0.25) is 10.0 Å². The van der Waals surface area contributed by atoms with Crippen LogP contribution in [0.5, 0.6) is 0 Å². The third-order valence-corrected chi connectivity index (χ3v) is 4.50. The van der Waals surface area contributed by atoms with Crippen LogP contribution in [0.4, 0.5) is 5.69 Å². The zero-order chi connectivity index (χ0) is 15.6. The molecule has 0 aliphatic carbocycles. The number of carbonyl (C=O) groups is 1. The van der Waals surface area contributed by atoms with Crippen molar-refractivity contribution in [3.63, 3.8) is 0 Å². The van der Waals surface area contributed by atoms with E-state index in [4.69, 9.17) is 11.6 Å². The molecule has 1 aromatic rings. The molecule has 0 bridgehead atoms. The molecule has 21 heavy (non-hydrogen) atoms. The van der Waals surface area contributed by atoms with E-state index in [9.17, 15) is 18.4 Å². The molecule has 1 N–H and O–H groups in total. The third-order valence-electron chi connectivity index (χ3n) is 3.07. The second-order valence-corrected chi connectivity index (χ2v) is 6.97. The molecule has 1 heterocycles. The van der Waals surface area contributed by atoms with Gasteiger partial charge in [0.15, 0.2) is 0 Å². The van der Waals surface area contributed by atoms with Crippen LogP contribution in [0.25, 0.3) is 0 Å². The Morgan fingerprint density at radius 3 is 2.48 bits per heavy atom. The lowest BCUT2D eigenvalue weighted by molar-refractivity contribution is -0.163. The van der Waals surface area contributed by atoms with Crippen molar-refractivity contribution in [2.24, 2.45) is 0 Å². The number of nitrogens with zero attached hydrogens (tertiary/aromatic N) is 2. The summed E-state index contributed by atoms with van der Waals surface area (Å²) in [5.74, 6) is -0.666. The maximum absolute atomic E-state index is 12.2. The molecule has 2 rings (SSSR count). The van der Waals surface area contributed by atoms with E-state index in [2.05, 4.69) is 0 Å². The summed E-state index contributed by atoms with van der Waals surface area (Å²) in [4.78, 5) is 12.2. The van der Waals surface area contributed by atoms with Gasteiger partial charge in [-0.25, -0.2) is 13.5 Å². The van der Waals surface area contributed by atoms with Gasteiger partial charge in [0.05, 0.1) is 18.5 Å². The first-order chi connectivity index (χ1) is 9.80. The van der Waals surface area contributed by atoms with Crippen molar-refractivity contribution in [3.05, 3.63) is 41.4 Å². The molecular formula is C13H15ClN2O4S. The molecule has 0 spiro atoms. The monoisotopic (exact) mass is 330 g/mol. The quantitative estimate of drug-likeness (QED) is 0.675. The first kappa shape index (κ1) is 15.8. The zero-order valence-electron chi connectivity index (χ0n) is 11.3. The van der Waals surface area contributed by atoms with E-state index in [1.165, 1.54) is 12.1 Å².